The Morgan fingerprint density at radius 1 is 1.42 bits per heavy atom. The molecule has 5 heteroatoms. The molecule has 0 aliphatic rings. The summed E-state index contributed by atoms with van der Waals surface area (Å²) in [5, 5.41) is 2.99. The van der Waals surface area contributed by atoms with Gasteiger partial charge < -0.3 is 5.32 Å². The van der Waals surface area contributed by atoms with Gasteiger partial charge in [0.25, 0.3) is 0 Å². The van der Waals surface area contributed by atoms with Gasteiger partial charge in [-0.2, -0.15) is 0 Å². The topological polar surface area (TPSA) is 50.7 Å². The smallest absolute Gasteiger partial charge is 0.157 e. The van der Waals surface area contributed by atoms with E-state index in [-0.39, 0.29) is 0 Å². The molecular formula is C7H8N4S. The Hall–Kier alpha value is -1.23. The average molecular weight is 180 g/mol. The van der Waals surface area contributed by atoms with Gasteiger partial charge in [-0.25, -0.2) is 15.0 Å². The van der Waals surface area contributed by atoms with Crippen molar-refractivity contribution in [1.82, 2.24) is 15.0 Å². The van der Waals surface area contributed by atoms with Crippen LogP contribution in [0.15, 0.2) is 5.51 Å². The number of nitrogens with one attached hydrogen (secondary N) is 1. The fraction of sp³-hybridized carbons (Fsp3) is 0.286. The number of aromatic nitrogens is 3. The van der Waals surface area contributed by atoms with E-state index >= 15 is 0 Å². The molecule has 2 aromatic rings. The van der Waals surface area contributed by atoms with Gasteiger partial charge in [-0.3, -0.25) is 0 Å². The number of hydrogen-bond acceptors (Lipinski definition) is 5. The molecule has 2 aromatic heterocycles. The van der Waals surface area contributed by atoms with Gasteiger partial charge in [0.15, 0.2) is 5.82 Å². The molecule has 2 heterocycles. The maximum Gasteiger partial charge on any atom is 0.157 e. The van der Waals surface area contributed by atoms with Crippen LogP contribution in [-0.4, -0.2) is 22.0 Å². The van der Waals surface area contributed by atoms with Gasteiger partial charge in [-0.05, 0) is 6.92 Å². The van der Waals surface area contributed by atoms with Crippen molar-refractivity contribution in [3.63, 3.8) is 0 Å². The van der Waals surface area contributed by atoms with Gasteiger partial charge in [-0.15, -0.1) is 11.3 Å². The van der Waals surface area contributed by atoms with Crippen molar-refractivity contribution in [2.24, 2.45) is 0 Å². The van der Waals surface area contributed by atoms with E-state index in [1.807, 2.05) is 14.0 Å². The first kappa shape index (κ1) is 7.42. The molecule has 0 saturated carbocycles. The van der Waals surface area contributed by atoms with Crippen LogP contribution in [0.3, 0.4) is 0 Å². The summed E-state index contributed by atoms with van der Waals surface area (Å²) in [6, 6.07) is 0. The summed E-state index contributed by atoms with van der Waals surface area (Å²) in [6.45, 7) is 1.88. The van der Waals surface area contributed by atoms with Crippen molar-refractivity contribution in [1.29, 1.82) is 0 Å². The summed E-state index contributed by atoms with van der Waals surface area (Å²) in [7, 11) is 1.83. The zero-order chi connectivity index (χ0) is 8.55. The van der Waals surface area contributed by atoms with Crippen molar-refractivity contribution in [3.8, 4) is 0 Å². The zero-order valence-electron chi connectivity index (χ0n) is 6.83. The normalized spacial score (nSPS) is 10.5. The SMILES string of the molecule is CNc1nc(C)nc2scnc12. The van der Waals surface area contributed by atoms with Crippen molar-refractivity contribution in [2.45, 2.75) is 6.92 Å². The van der Waals surface area contributed by atoms with Crippen molar-refractivity contribution in [2.75, 3.05) is 12.4 Å². The summed E-state index contributed by atoms with van der Waals surface area (Å²) in [5.74, 6) is 1.58. The molecule has 0 radical (unpaired) electrons. The lowest BCUT2D eigenvalue weighted by molar-refractivity contribution is 1.09. The summed E-state index contributed by atoms with van der Waals surface area (Å²) in [6.07, 6.45) is 0. The standard InChI is InChI=1S/C7H8N4S/c1-4-10-6(8-2)5-7(11-4)12-3-9-5/h3H,1-2H3,(H,8,10,11). The van der Waals surface area contributed by atoms with Gasteiger partial charge >= 0.3 is 0 Å². The van der Waals surface area contributed by atoms with Crippen molar-refractivity contribution < 1.29 is 0 Å². The molecule has 0 unspecified atom stereocenters. The number of rotatable bonds is 1. The maximum absolute atomic E-state index is 4.25. The van der Waals surface area contributed by atoms with Gasteiger partial charge in [0.1, 0.15) is 16.2 Å². The Bertz CT molecular complexity index is 409. The van der Waals surface area contributed by atoms with Crippen LogP contribution in [0.5, 0.6) is 0 Å². The number of anilines is 1. The molecular weight excluding hydrogens is 172 g/mol. The molecule has 4 nitrogen and oxygen atoms in total. The molecule has 0 amide bonds. The third kappa shape index (κ3) is 1.02. The minimum Gasteiger partial charge on any atom is -0.371 e. The quantitative estimate of drug-likeness (QED) is 0.721. The molecule has 0 aliphatic carbocycles. The zero-order valence-corrected chi connectivity index (χ0v) is 7.64. The van der Waals surface area contributed by atoms with E-state index in [0.29, 0.717) is 0 Å². The Morgan fingerprint density at radius 3 is 3.00 bits per heavy atom. The molecule has 1 N–H and O–H groups in total. The number of fused-ring (bicyclic) bond motifs is 1. The molecule has 0 aliphatic heterocycles. The minimum atomic E-state index is 0.774. The summed E-state index contributed by atoms with van der Waals surface area (Å²) in [5.41, 5.74) is 2.63. The third-order valence-electron chi connectivity index (χ3n) is 1.55. The van der Waals surface area contributed by atoms with E-state index in [1.165, 1.54) is 11.3 Å². The number of nitrogens with zero attached hydrogens (tertiary/aromatic N) is 3. The lowest BCUT2D eigenvalue weighted by Crippen LogP contribution is -1.97. The van der Waals surface area contributed by atoms with Gasteiger partial charge in [0.2, 0.25) is 0 Å². The molecule has 12 heavy (non-hydrogen) atoms. The highest BCUT2D eigenvalue weighted by Crippen LogP contribution is 2.20. The number of thiazole rings is 1. The molecule has 0 spiro atoms. The fourth-order valence-electron chi connectivity index (χ4n) is 1.04. The molecule has 62 valence electrons. The number of hydrogen-bond donors (Lipinski definition) is 1. The first-order valence-electron chi connectivity index (χ1n) is 3.57. The summed E-state index contributed by atoms with van der Waals surface area (Å²) >= 11 is 1.53. The molecule has 0 bridgehead atoms. The van der Waals surface area contributed by atoms with Crippen LogP contribution in [-0.2, 0) is 0 Å². The molecule has 0 saturated heterocycles. The van der Waals surface area contributed by atoms with E-state index < -0.39 is 0 Å². The first-order chi connectivity index (χ1) is 5.81. The van der Waals surface area contributed by atoms with Gasteiger partial charge in [-0.1, -0.05) is 0 Å². The van der Waals surface area contributed by atoms with Crippen LogP contribution in [0.4, 0.5) is 5.82 Å². The highest BCUT2D eigenvalue weighted by Gasteiger charge is 2.05. The monoisotopic (exact) mass is 180 g/mol. The van der Waals surface area contributed by atoms with Crippen LogP contribution in [0.2, 0.25) is 0 Å². The lowest BCUT2D eigenvalue weighted by Gasteiger charge is -1.99. The largest absolute Gasteiger partial charge is 0.371 e. The van der Waals surface area contributed by atoms with Crippen LogP contribution >= 0.6 is 11.3 Å². The number of aryl methyl sites for hydroxylation is 1. The second-order valence-electron chi connectivity index (χ2n) is 2.38. The van der Waals surface area contributed by atoms with E-state index in [2.05, 4.69) is 20.3 Å². The van der Waals surface area contributed by atoms with Crippen molar-refractivity contribution in [3.05, 3.63) is 11.3 Å². The Labute approximate surface area is 73.7 Å². The summed E-state index contributed by atoms with van der Waals surface area (Å²) < 4.78 is 0. The maximum atomic E-state index is 4.25. The molecule has 0 atom stereocenters. The molecule has 0 aromatic carbocycles. The molecule has 0 fully saturated rings. The van der Waals surface area contributed by atoms with Crippen LogP contribution in [0.25, 0.3) is 10.3 Å². The minimum absolute atomic E-state index is 0.774. The average Bonchev–Trinajstić information content (AvgIpc) is 2.50. The van der Waals surface area contributed by atoms with Crippen molar-refractivity contribution >= 4 is 27.5 Å². The Kier molecular flexibility index (Phi) is 1.65. The predicted molar refractivity (Wildman–Crippen MR) is 49.5 cm³/mol. The van der Waals surface area contributed by atoms with Crippen LogP contribution in [0, 0.1) is 6.92 Å². The van der Waals surface area contributed by atoms with E-state index in [1.54, 1.807) is 5.51 Å². The van der Waals surface area contributed by atoms with Crippen LogP contribution in [0.1, 0.15) is 5.82 Å². The second kappa shape index (κ2) is 2.67. The third-order valence-corrected chi connectivity index (χ3v) is 2.27. The van der Waals surface area contributed by atoms with Gasteiger partial charge in [0, 0.05) is 7.05 Å². The highest BCUT2D eigenvalue weighted by atomic mass is 32.1. The lowest BCUT2D eigenvalue weighted by atomic mass is 10.5. The van der Waals surface area contributed by atoms with E-state index in [9.17, 15) is 0 Å². The molecule has 2 rings (SSSR count). The van der Waals surface area contributed by atoms with Gasteiger partial charge in [0.05, 0.1) is 5.51 Å². The first-order valence-corrected chi connectivity index (χ1v) is 4.45. The summed E-state index contributed by atoms with van der Waals surface area (Å²) in [4.78, 5) is 13.6. The second-order valence-corrected chi connectivity index (χ2v) is 3.21. The van der Waals surface area contributed by atoms with E-state index in [4.69, 9.17) is 0 Å². The van der Waals surface area contributed by atoms with Crippen LogP contribution < -0.4 is 5.32 Å². The predicted octanol–water partition coefficient (Wildman–Crippen LogP) is 1.44. The Balaban J connectivity index is 2.80. The fourth-order valence-corrected chi connectivity index (χ4v) is 1.75. The highest BCUT2D eigenvalue weighted by molar-refractivity contribution is 7.16. The van der Waals surface area contributed by atoms with E-state index in [0.717, 1.165) is 22.0 Å². The Morgan fingerprint density at radius 2 is 2.25 bits per heavy atom.